The molecule has 106 valence electrons. The van der Waals surface area contributed by atoms with Gasteiger partial charge in [0.05, 0.1) is 0 Å². The van der Waals surface area contributed by atoms with Crippen molar-refractivity contribution >= 4 is 12.0 Å². The zero-order valence-corrected chi connectivity index (χ0v) is 11.7. The molecule has 0 rings (SSSR count). The molecule has 0 fully saturated rings. The number of carbonyl (C=O) groups is 2. The van der Waals surface area contributed by atoms with Crippen LogP contribution in [0.3, 0.4) is 0 Å². The Bertz CT molecular complexity index is 257. The lowest BCUT2D eigenvalue weighted by Gasteiger charge is -2.13. The first-order valence-corrected chi connectivity index (χ1v) is 6.69. The van der Waals surface area contributed by atoms with Gasteiger partial charge in [-0.05, 0) is 24.7 Å². The summed E-state index contributed by atoms with van der Waals surface area (Å²) in [5, 5.41) is 14.1. The molecule has 0 aromatic rings. The Hall–Kier alpha value is -1.26. The summed E-state index contributed by atoms with van der Waals surface area (Å²) in [7, 11) is 0. The summed E-state index contributed by atoms with van der Waals surface area (Å²) in [6.07, 6.45) is 2.71. The van der Waals surface area contributed by atoms with Crippen molar-refractivity contribution in [3.05, 3.63) is 0 Å². The van der Waals surface area contributed by atoms with Crippen LogP contribution in [0.25, 0.3) is 0 Å². The van der Waals surface area contributed by atoms with Crippen LogP contribution in [0, 0.1) is 11.8 Å². The molecule has 18 heavy (non-hydrogen) atoms. The van der Waals surface area contributed by atoms with Crippen molar-refractivity contribution < 1.29 is 14.7 Å². The number of hydrogen-bond donors (Lipinski definition) is 3. The Morgan fingerprint density at radius 2 is 1.78 bits per heavy atom. The van der Waals surface area contributed by atoms with Crippen molar-refractivity contribution in [3.8, 4) is 0 Å². The van der Waals surface area contributed by atoms with Crippen molar-refractivity contribution in [2.75, 3.05) is 13.1 Å². The molecule has 0 bridgehead atoms. The van der Waals surface area contributed by atoms with Crippen LogP contribution in [-0.2, 0) is 4.79 Å². The smallest absolute Gasteiger partial charge is 0.314 e. The Morgan fingerprint density at radius 3 is 2.33 bits per heavy atom. The van der Waals surface area contributed by atoms with Crippen molar-refractivity contribution in [1.29, 1.82) is 0 Å². The number of hydrogen-bond acceptors (Lipinski definition) is 2. The number of rotatable bonds is 9. The molecule has 2 amide bonds. The lowest BCUT2D eigenvalue weighted by atomic mass is 10.0. The van der Waals surface area contributed by atoms with E-state index in [9.17, 15) is 9.59 Å². The predicted octanol–water partition coefficient (Wildman–Crippen LogP) is 2.22. The second-order valence-electron chi connectivity index (χ2n) is 4.98. The molecule has 0 saturated heterocycles. The normalized spacial score (nSPS) is 13.7. The summed E-state index contributed by atoms with van der Waals surface area (Å²) in [5.41, 5.74) is 0. The Labute approximate surface area is 109 Å². The SMILES string of the molecule is CCC(C)CNC(=O)NCCC(C)CCC(=O)O. The molecule has 0 aromatic heterocycles. The van der Waals surface area contributed by atoms with Gasteiger partial charge in [-0.3, -0.25) is 4.79 Å². The highest BCUT2D eigenvalue weighted by Gasteiger charge is 2.07. The van der Waals surface area contributed by atoms with Crippen LogP contribution in [0.2, 0.25) is 0 Å². The fourth-order valence-corrected chi connectivity index (χ4v) is 1.42. The van der Waals surface area contributed by atoms with Crippen LogP contribution in [0.5, 0.6) is 0 Å². The van der Waals surface area contributed by atoms with Crippen LogP contribution >= 0.6 is 0 Å². The highest BCUT2D eigenvalue weighted by molar-refractivity contribution is 5.73. The number of carboxylic acid groups (broad SMARTS) is 1. The largest absolute Gasteiger partial charge is 0.481 e. The van der Waals surface area contributed by atoms with Gasteiger partial charge in [0.2, 0.25) is 0 Å². The highest BCUT2D eigenvalue weighted by Crippen LogP contribution is 2.08. The van der Waals surface area contributed by atoms with Crippen LogP contribution in [-0.4, -0.2) is 30.2 Å². The van der Waals surface area contributed by atoms with Crippen molar-refractivity contribution in [1.82, 2.24) is 10.6 Å². The van der Waals surface area contributed by atoms with Gasteiger partial charge in [0.15, 0.2) is 0 Å². The van der Waals surface area contributed by atoms with Crippen LogP contribution < -0.4 is 10.6 Å². The van der Waals surface area contributed by atoms with Gasteiger partial charge >= 0.3 is 12.0 Å². The van der Waals surface area contributed by atoms with E-state index in [0.717, 1.165) is 12.8 Å². The van der Waals surface area contributed by atoms with Crippen LogP contribution in [0.1, 0.15) is 46.5 Å². The second-order valence-corrected chi connectivity index (χ2v) is 4.98. The van der Waals surface area contributed by atoms with E-state index in [2.05, 4.69) is 24.5 Å². The maximum absolute atomic E-state index is 11.4. The molecule has 0 saturated carbocycles. The third-order valence-corrected chi connectivity index (χ3v) is 3.08. The maximum Gasteiger partial charge on any atom is 0.314 e. The summed E-state index contributed by atoms with van der Waals surface area (Å²) in [6.45, 7) is 7.47. The number of carboxylic acids is 1. The predicted molar refractivity (Wildman–Crippen MR) is 71.5 cm³/mol. The fraction of sp³-hybridized carbons (Fsp3) is 0.846. The first-order valence-electron chi connectivity index (χ1n) is 6.69. The first kappa shape index (κ1) is 16.7. The first-order chi connectivity index (χ1) is 8.45. The summed E-state index contributed by atoms with van der Waals surface area (Å²) < 4.78 is 0. The Kier molecular flexibility index (Phi) is 9.06. The van der Waals surface area contributed by atoms with Gasteiger partial charge in [0.25, 0.3) is 0 Å². The molecule has 2 unspecified atom stereocenters. The van der Waals surface area contributed by atoms with E-state index in [-0.39, 0.29) is 12.5 Å². The molecule has 0 heterocycles. The number of nitrogens with one attached hydrogen (secondary N) is 2. The number of urea groups is 1. The molecule has 5 heteroatoms. The number of amides is 2. The van der Waals surface area contributed by atoms with Crippen LogP contribution in [0.15, 0.2) is 0 Å². The average molecular weight is 258 g/mol. The van der Waals surface area contributed by atoms with Gasteiger partial charge in [0.1, 0.15) is 0 Å². The van der Waals surface area contributed by atoms with Gasteiger partial charge in [-0.1, -0.05) is 27.2 Å². The lowest BCUT2D eigenvalue weighted by molar-refractivity contribution is -0.137. The van der Waals surface area contributed by atoms with Gasteiger partial charge in [-0.15, -0.1) is 0 Å². The molecule has 0 aromatic carbocycles. The zero-order valence-electron chi connectivity index (χ0n) is 11.7. The van der Waals surface area contributed by atoms with Crippen molar-refractivity contribution in [3.63, 3.8) is 0 Å². The second kappa shape index (κ2) is 9.74. The molecular weight excluding hydrogens is 232 g/mol. The fourth-order valence-electron chi connectivity index (χ4n) is 1.42. The third kappa shape index (κ3) is 9.93. The Morgan fingerprint density at radius 1 is 1.11 bits per heavy atom. The lowest BCUT2D eigenvalue weighted by Crippen LogP contribution is -2.38. The quantitative estimate of drug-likeness (QED) is 0.593. The number of carbonyl (C=O) groups excluding carboxylic acids is 1. The van der Waals surface area contributed by atoms with Crippen molar-refractivity contribution in [2.24, 2.45) is 11.8 Å². The topological polar surface area (TPSA) is 78.4 Å². The van der Waals surface area contributed by atoms with E-state index in [1.165, 1.54) is 0 Å². The minimum absolute atomic E-state index is 0.138. The molecule has 0 spiro atoms. The zero-order chi connectivity index (χ0) is 14.0. The van der Waals surface area contributed by atoms with Gasteiger partial charge in [-0.25, -0.2) is 4.79 Å². The van der Waals surface area contributed by atoms with E-state index >= 15 is 0 Å². The molecule has 0 radical (unpaired) electrons. The van der Waals surface area contributed by atoms with E-state index < -0.39 is 5.97 Å². The van der Waals surface area contributed by atoms with Crippen LogP contribution in [0.4, 0.5) is 4.79 Å². The van der Waals surface area contributed by atoms with E-state index in [0.29, 0.717) is 31.3 Å². The molecule has 0 aliphatic rings. The average Bonchev–Trinajstić information content (AvgIpc) is 2.33. The Balaban J connectivity index is 3.52. The third-order valence-electron chi connectivity index (χ3n) is 3.08. The standard InChI is InChI=1S/C13H26N2O3/c1-4-10(2)9-15-13(18)14-8-7-11(3)5-6-12(16)17/h10-11H,4-9H2,1-3H3,(H,16,17)(H2,14,15,18). The highest BCUT2D eigenvalue weighted by atomic mass is 16.4. The van der Waals surface area contributed by atoms with E-state index in [1.807, 2.05) is 6.92 Å². The maximum atomic E-state index is 11.4. The van der Waals surface area contributed by atoms with Crippen molar-refractivity contribution in [2.45, 2.75) is 46.5 Å². The molecule has 5 nitrogen and oxygen atoms in total. The van der Waals surface area contributed by atoms with Gasteiger partial charge in [-0.2, -0.15) is 0 Å². The summed E-state index contributed by atoms with van der Waals surface area (Å²) in [4.78, 5) is 21.8. The molecule has 2 atom stereocenters. The molecule has 0 aliphatic carbocycles. The monoisotopic (exact) mass is 258 g/mol. The van der Waals surface area contributed by atoms with E-state index in [4.69, 9.17) is 5.11 Å². The molecular formula is C13H26N2O3. The summed E-state index contributed by atoms with van der Waals surface area (Å²) in [5.74, 6) is 0.0438. The minimum atomic E-state index is -0.763. The number of aliphatic carboxylic acids is 1. The molecule has 0 aliphatic heterocycles. The summed E-state index contributed by atoms with van der Waals surface area (Å²) >= 11 is 0. The molecule has 3 N–H and O–H groups in total. The minimum Gasteiger partial charge on any atom is -0.481 e. The summed E-state index contributed by atoms with van der Waals surface area (Å²) in [6, 6.07) is -0.138. The van der Waals surface area contributed by atoms with E-state index in [1.54, 1.807) is 0 Å². The van der Waals surface area contributed by atoms with Gasteiger partial charge < -0.3 is 15.7 Å². The van der Waals surface area contributed by atoms with Gasteiger partial charge in [0, 0.05) is 19.5 Å².